The minimum atomic E-state index is -1.16. The average Bonchev–Trinajstić information content (AvgIpc) is 3.45. The molecule has 0 bridgehead atoms. The van der Waals surface area contributed by atoms with E-state index in [1.165, 1.54) is 0 Å². The first-order valence-electron chi connectivity index (χ1n) is 14.9. The molecule has 1 aliphatic rings. The first-order chi connectivity index (χ1) is 20.9. The molecule has 6 rings (SSSR count). The van der Waals surface area contributed by atoms with Gasteiger partial charge in [0.05, 0.1) is 21.3 Å². The Hall–Kier alpha value is -3.50. The number of carboxylic acids is 1. The number of benzene rings is 3. The third kappa shape index (κ3) is 5.94. The number of likely N-dealkylation sites (N-methyl/N-ethyl adjacent to an activating group) is 1. The SMILES string of the molecule is Cc1cc2nc(-c3ccc4c(c3)c(N3CCCN(C)CC3)nn4C)sc2c(-c2ccc(Cl)cc2)c1[C@H](OC(C)(C)C)C(=O)O. The van der Waals surface area contributed by atoms with Crippen LogP contribution < -0.4 is 4.90 Å². The first kappa shape index (κ1) is 30.5. The van der Waals surface area contributed by atoms with Gasteiger partial charge in [0.2, 0.25) is 0 Å². The fourth-order valence-electron chi connectivity index (χ4n) is 6.03. The van der Waals surface area contributed by atoms with Gasteiger partial charge in [0.25, 0.3) is 0 Å². The Morgan fingerprint density at radius 3 is 2.45 bits per heavy atom. The summed E-state index contributed by atoms with van der Waals surface area (Å²) < 4.78 is 9.04. The van der Waals surface area contributed by atoms with Crippen molar-refractivity contribution in [3.05, 3.63) is 64.7 Å². The number of aromatic nitrogens is 3. The van der Waals surface area contributed by atoms with Gasteiger partial charge in [-0.05, 0) is 95.2 Å². The van der Waals surface area contributed by atoms with Crippen LogP contribution in [0.25, 0.3) is 42.8 Å². The van der Waals surface area contributed by atoms with E-state index in [0.717, 1.165) is 86.8 Å². The molecule has 0 unspecified atom stereocenters. The van der Waals surface area contributed by atoms with Crippen LogP contribution in [0.15, 0.2) is 48.5 Å². The predicted molar refractivity (Wildman–Crippen MR) is 180 cm³/mol. The summed E-state index contributed by atoms with van der Waals surface area (Å²) in [5.74, 6) is -0.0269. The van der Waals surface area contributed by atoms with Crippen LogP contribution in [0, 0.1) is 6.92 Å². The maximum absolute atomic E-state index is 12.7. The fraction of sp³-hybridized carbons (Fsp3) is 0.382. The molecule has 0 saturated carbocycles. The molecular formula is C34H38ClN5O3S. The first-order valence-corrected chi connectivity index (χ1v) is 16.1. The molecule has 1 fully saturated rings. The van der Waals surface area contributed by atoms with E-state index in [1.54, 1.807) is 11.3 Å². The van der Waals surface area contributed by atoms with E-state index in [1.807, 2.05) is 69.8 Å². The molecule has 44 heavy (non-hydrogen) atoms. The van der Waals surface area contributed by atoms with Crippen LogP contribution in [0.5, 0.6) is 0 Å². The van der Waals surface area contributed by atoms with Crippen molar-refractivity contribution in [2.75, 3.05) is 38.1 Å². The van der Waals surface area contributed by atoms with Crippen molar-refractivity contribution >= 4 is 55.8 Å². The number of fused-ring (bicyclic) bond motifs is 2. The Morgan fingerprint density at radius 2 is 1.75 bits per heavy atom. The van der Waals surface area contributed by atoms with Gasteiger partial charge >= 0.3 is 5.97 Å². The fourth-order valence-corrected chi connectivity index (χ4v) is 7.28. The van der Waals surface area contributed by atoms with E-state index in [0.29, 0.717) is 10.6 Å². The molecule has 0 aliphatic carbocycles. The highest BCUT2D eigenvalue weighted by Crippen LogP contribution is 2.45. The minimum absolute atomic E-state index is 0.613. The van der Waals surface area contributed by atoms with Gasteiger partial charge in [-0.3, -0.25) is 4.68 Å². The number of ether oxygens (including phenoxy) is 1. The van der Waals surface area contributed by atoms with Crippen LogP contribution in [0.4, 0.5) is 5.82 Å². The summed E-state index contributed by atoms with van der Waals surface area (Å²) in [6.45, 7) is 11.5. The van der Waals surface area contributed by atoms with Crippen molar-refractivity contribution in [2.24, 2.45) is 7.05 Å². The van der Waals surface area contributed by atoms with E-state index in [-0.39, 0.29) is 0 Å². The second-order valence-corrected chi connectivity index (χ2v) is 14.1. The van der Waals surface area contributed by atoms with Crippen molar-refractivity contribution in [3.8, 4) is 21.7 Å². The number of halogens is 1. The standard InChI is InChI=1S/C34H38ClN5O3S/c1-20-18-25-30(28(21-8-11-23(35)12-9-21)27(20)29(33(41)42)43-34(2,3)4)44-32(36-25)22-10-13-26-24(19-22)31(37-39(26)6)40-15-7-14-38(5)16-17-40/h8-13,18-19,29H,7,14-17H2,1-6H3,(H,41,42)/t29-/m0/s1. The van der Waals surface area contributed by atoms with Crippen LogP contribution in [0.3, 0.4) is 0 Å². The summed E-state index contributed by atoms with van der Waals surface area (Å²) in [4.78, 5) is 22.6. The lowest BCUT2D eigenvalue weighted by Crippen LogP contribution is -2.29. The van der Waals surface area contributed by atoms with E-state index in [4.69, 9.17) is 26.4 Å². The van der Waals surface area contributed by atoms with Gasteiger partial charge < -0.3 is 19.6 Å². The van der Waals surface area contributed by atoms with E-state index < -0.39 is 17.7 Å². The van der Waals surface area contributed by atoms with Gasteiger partial charge in [0, 0.05) is 53.8 Å². The number of thiazole rings is 1. The number of aryl methyl sites for hydroxylation is 2. The Kier molecular flexibility index (Phi) is 8.17. The molecule has 230 valence electrons. The van der Waals surface area contributed by atoms with E-state index in [2.05, 4.69) is 35.0 Å². The topological polar surface area (TPSA) is 83.7 Å². The number of anilines is 1. The van der Waals surface area contributed by atoms with Crippen molar-refractivity contribution in [1.82, 2.24) is 19.7 Å². The Balaban J connectivity index is 1.53. The lowest BCUT2D eigenvalue weighted by atomic mass is 9.91. The smallest absolute Gasteiger partial charge is 0.337 e. The number of carboxylic acid groups (broad SMARTS) is 1. The van der Waals surface area contributed by atoms with Gasteiger partial charge in [-0.25, -0.2) is 9.78 Å². The second-order valence-electron chi connectivity index (χ2n) is 12.6. The third-order valence-electron chi connectivity index (χ3n) is 8.12. The monoisotopic (exact) mass is 631 g/mol. The summed E-state index contributed by atoms with van der Waals surface area (Å²) in [6.07, 6.45) is -0.0602. The highest BCUT2D eigenvalue weighted by atomic mass is 35.5. The second kappa shape index (κ2) is 11.8. The summed E-state index contributed by atoms with van der Waals surface area (Å²) >= 11 is 7.83. The molecule has 5 aromatic rings. The Morgan fingerprint density at radius 1 is 1.02 bits per heavy atom. The number of nitrogens with zero attached hydrogens (tertiary/aromatic N) is 5. The highest BCUT2D eigenvalue weighted by Gasteiger charge is 2.32. The molecule has 3 aromatic carbocycles. The van der Waals surface area contributed by atoms with Crippen LogP contribution >= 0.6 is 22.9 Å². The quantitative estimate of drug-likeness (QED) is 0.207. The maximum atomic E-state index is 12.7. The summed E-state index contributed by atoms with van der Waals surface area (Å²) in [6, 6.07) is 15.9. The van der Waals surface area contributed by atoms with Crippen molar-refractivity contribution < 1.29 is 14.6 Å². The van der Waals surface area contributed by atoms with Crippen LogP contribution in [0.2, 0.25) is 5.02 Å². The lowest BCUT2D eigenvalue weighted by molar-refractivity contribution is -0.160. The molecular weight excluding hydrogens is 594 g/mol. The largest absolute Gasteiger partial charge is 0.479 e. The number of hydrogen-bond donors (Lipinski definition) is 1. The van der Waals surface area contributed by atoms with E-state index >= 15 is 0 Å². The zero-order valence-electron chi connectivity index (χ0n) is 26.0. The number of rotatable bonds is 6. The van der Waals surface area contributed by atoms with Crippen molar-refractivity contribution in [3.63, 3.8) is 0 Å². The molecule has 1 atom stereocenters. The molecule has 8 nitrogen and oxygen atoms in total. The van der Waals surface area contributed by atoms with E-state index in [9.17, 15) is 9.90 Å². The molecule has 0 radical (unpaired) electrons. The number of aliphatic carboxylic acids is 1. The molecule has 0 amide bonds. The molecule has 1 aliphatic heterocycles. The lowest BCUT2D eigenvalue weighted by Gasteiger charge is -2.28. The Labute approximate surface area is 266 Å². The molecule has 10 heteroatoms. The number of carbonyl (C=O) groups is 1. The molecule has 1 N–H and O–H groups in total. The zero-order valence-corrected chi connectivity index (χ0v) is 27.6. The minimum Gasteiger partial charge on any atom is -0.479 e. The van der Waals surface area contributed by atoms with Crippen molar-refractivity contribution in [2.45, 2.75) is 45.8 Å². The summed E-state index contributed by atoms with van der Waals surface area (Å²) in [7, 11) is 4.17. The van der Waals surface area contributed by atoms with Crippen molar-refractivity contribution in [1.29, 1.82) is 0 Å². The van der Waals surface area contributed by atoms with Gasteiger partial charge in [-0.2, -0.15) is 5.10 Å². The summed E-state index contributed by atoms with van der Waals surface area (Å²) in [5, 5.41) is 17.9. The van der Waals surface area contributed by atoms with Gasteiger partial charge in [0.15, 0.2) is 11.9 Å². The van der Waals surface area contributed by atoms with Crippen LogP contribution in [-0.2, 0) is 16.6 Å². The number of hydrogen-bond acceptors (Lipinski definition) is 7. The highest BCUT2D eigenvalue weighted by molar-refractivity contribution is 7.22. The maximum Gasteiger partial charge on any atom is 0.337 e. The van der Waals surface area contributed by atoms with Gasteiger partial charge in [-0.15, -0.1) is 11.3 Å². The molecule has 3 heterocycles. The predicted octanol–water partition coefficient (Wildman–Crippen LogP) is 7.56. The van der Waals surface area contributed by atoms with Crippen LogP contribution in [0.1, 0.15) is 44.4 Å². The molecule has 0 spiro atoms. The summed E-state index contributed by atoms with van der Waals surface area (Å²) in [5.41, 5.74) is 5.36. The van der Waals surface area contributed by atoms with Gasteiger partial charge in [-0.1, -0.05) is 23.7 Å². The van der Waals surface area contributed by atoms with Gasteiger partial charge in [0.1, 0.15) is 5.01 Å². The Bertz CT molecular complexity index is 1860. The molecule has 2 aromatic heterocycles. The third-order valence-corrected chi connectivity index (χ3v) is 9.51. The average molecular weight is 632 g/mol. The van der Waals surface area contributed by atoms with Crippen LogP contribution in [-0.4, -0.2) is 69.6 Å². The zero-order chi connectivity index (χ0) is 31.3. The molecule has 1 saturated heterocycles. The normalized spacial score (nSPS) is 15.7.